The molecule has 0 aliphatic heterocycles. The Morgan fingerprint density at radius 2 is 1.75 bits per heavy atom. The first-order valence-corrected chi connectivity index (χ1v) is 8.24. The Balaban J connectivity index is 1.71. The quantitative estimate of drug-likeness (QED) is 0.754. The number of nitrogens with zero attached hydrogens (tertiary/aromatic N) is 1. The van der Waals surface area contributed by atoms with Crippen LogP contribution in [0.4, 0.5) is 4.39 Å². The maximum atomic E-state index is 12.9. The minimum Gasteiger partial charge on any atom is -0.348 e. The van der Waals surface area contributed by atoms with Gasteiger partial charge in [-0.25, -0.2) is 9.37 Å². The fourth-order valence-electron chi connectivity index (χ4n) is 2.12. The van der Waals surface area contributed by atoms with E-state index in [1.807, 2.05) is 30.3 Å². The maximum Gasteiger partial charge on any atom is 0.254 e. The number of halogens is 1. The summed E-state index contributed by atoms with van der Waals surface area (Å²) in [6.45, 7) is 0.337. The number of carbonyl (C=O) groups excluding carboxylic acids is 1. The maximum absolute atomic E-state index is 12.9. The van der Waals surface area contributed by atoms with Crippen molar-refractivity contribution in [3.8, 4) is 0 Å². The molecular formula is C19H15FN2OS. The largest absolute Gasteiger partial charge is 0.348 e. The van der Waals surface area contributed by atoms with Gasteiger partial charge in [-0.05, 0) is 42.0 Å². The highest BCUT2D eigenvalue weighted by molar-refractivity contribution is 7.99. The van der Waals surface area contributed by atoms with E-state index in [2.05, 4.69) is 10.3 Å². The molecule has 0 fully saturated rings. The highest BCUT2D eigenvalue weighted by Crippen LogP contribution is 2.28. The minimum atomic E-state index is -0.293. The molecule has 3 nitrogen and oxygen atoms in total. The molecule has 1 aromatic heterocycles. The van der Waals surface area contributed by atoms with E-state index in [-0.39, 0.29) is 11.7 Å². The molecule has 3 aromatic rings. The number of hydrogen-bond acceptors (Lipinski definition) is 3. The van der Waals surface area contributed by atoms with Gasteiger partial charge < -0.3 is 5.32 Å². The zero-order valence-electron chi connectivity index (χ0n) is 12.8. The van der Waals surface area contributed by atoms with Gasteiger partial charge in [0.1, 0.15) is 10.8 Å². The van der Waals surface area contributed by atoms with E-state index >= 15 is 0 Å². The Morgan fingerprint density at radius 1 is 1.00 bits per heavy atom. The Hall–Kier alpha value is -2.66. The average Bonchev–Trinajstić information content (AvgIpc) is 2.62. The summed E-state index contributed by atoms with van der Waals surface area (Å²) in [7, 11) is 0. The number of amides is 1. The van der Waals surface area contributed by atoms with Crippen LogP contribution >= 0.6 is 11.8 Å². The van der Waals surface area contributed by atoms with Gasteiger partial charge in [0.15, 0.2) is 0 Å². The third-order valence-corrected chi connectivity index (χ3v) is 4.37. The van der Waals surface area contributed by atoms with E-state index < -0.39 is 0 Å². The Labute approximate surface area is 143 Å². The number of hydrogen-bond donors (Lipinski definition) is 1. The number of pyridine rings is 1. The van der Waals surface area contributed by atoms with Crippen LogP contribution in [-0.4, -0.2) is 10.9 Å². The molecule has 1 heterocycles. The zero-order chi connectivity index (χ0) is 16.8. The second kappa shape index (κ2) is 7.75. The number of carbonyl (C=O) groups is 1. The first-order valence-electron chi connectivity index (χ1n) is 7.43. The van der Waals surface area contributed by atoms with Crippen molar-refractivity contribution >= 4 is 17.7 Å². The zero-order valence-corrected chi connectivity index (χ0v) is 13.6. The van der Waals surface area contributed by atoms with Gasteiger partial charge in [-0.1, -0.05) is 42.1 Å². The first-order chi connectivity index (χ1) is 11.7. The molecule has 1 amide bonds. The minimum absolute atomic E-state index is 0.203. The predicted octanol–water partition coefficient (Wildman–Crippen LogP) is 4.30. The lowest BCUT2D eigenvalue weighted by Crippen LogP contribution is -2.23. The molecule has 5 heteroatoms. The van der Waals surface area contributed by atoms with Gasteiger partial charge in [0, 0.05) is 17.6 Å². The molecule has 120 valence electrons. The van der Waals surface area contributed by atoms with E-state index in [1.54, 1.807) is 30.5 Å². The molecule has 0 aliphatic rings. The molecule has 2 aromatic carbocycles. The summed E-state index contributed by atoms with van der Waals surface area (Å²) in [6.07, 6.45) is 1.67. The topological polar surface area (TPSA) is 42.0 Å². The summed E-state index contributed by atoms with van der Waals surface area (Å²) >= 11 is 1.44. The van der Waals surface area contributed by atoms with Gasteiger partial charge in [0.2, 0.25) is 0 Å². The lowest BCUT2D eigenvalue weighted by molar-refractivity contribution is 0.0947. The van der Waals surface area contributed by atoms with E-state index in [1.165, 1.54) is 23.9 Å². The van der Waals surface area contributed by atoms with E-state index in [0.29, 0.717) is 17.1 Å². The van der Waals surface area contributed by atoms with Gasteiger partial charge in [-0.3, -0.25) is 4.79 Å². The van der Waals surface area contributed by atoms with E-state index in [9.17, 15) is 9.18 Å². The third-order valence-electron chi connectivity index (χ3n) is 3.34. The molecule has 0 spiro atoms. The average molecular weight is 338 g/mol. The summed E-state index contributed by atoms with van der Waals surface area (Å²) in [4.78, 5) is 17.8. The Morgan fingerprint density at radius 3 is 2.50 bits per heavy atom. The summed E-state index contributed by atoms with van der Waals surface area (Å²) in [5, 5.41) is 3.50. The molecule has 24 heavy (non-hydrogen) atoms. The predicted molar refractivity (Wildman–Crippen MR) is 92.4 cm³/mol. The van der Waals surface area contributed by atoms with Crippen molar-refractivity contribution in [2.45, 2.75) is 16.5 Å². The van der Waals surface area contributed by atoms with Gasteiger partial charge >= 0.3 is 0 Å². The van der Waals surface area contributed by atoms with Crippen LogP contribution in [0.1, 0.15) is 15.9 Å². The van der Waals surface area contributed by atoms with Crippen LogP contribution in [0.15, 0.2) is 82.8 Å². The molecule has 0 unspecified atom stereocenters. The van der Waals surface area contributed by atoms with Crippen molar-refractivity contribution in [3.05, 3.63) is 89.9 Å². The van der Waals surface area contributed by atoms with Crippen molar-refractivity contribution in [1.82, 2.24) is 10.3 Å². The standard InChI is InChI=1S/C19H15FN2OS/c20-15-10-8-14(9-11-15)13-22-18(23)17-7-4-12-21-19(17)24-16-5-2-1-3-6-16/h1-12H,13H2,(H,22,23). The Bertz CT molecular complexity index is 822. The monoisotopic (exact) mass is 338 g/mol. The van der Waals surface area contributed by atoms with Crippen LogP contribution < -0.4 is 5.32 Å². The fourth-order valence-corrected chi connectivity index (χ4v) is 3.03. The molecule has 0 saturated carbocycles. The van der Waals surface area contributed by atoms with E-state index in [0.717, 1.165) is 10.5 Å². The summed E-state index contributed by atoms with van der Waals surface area (Å²) in [5.74, 6) is -0.496. The van der Waals surface area contributed by atoms with Gasteiger partial charge in [0.25, 0.3) is 5.91 Å². The first kappa shape index (κ1) is 16.2. The molecule has 0 bridgehead atoms. The number of rotatable bonds is 5. The molecular weight excluding hydrogens is 323 g/mol. The highest BCUT2D eigenvalue weighted by atomic mass is 32.2. The van der Waals surface area contributed by atoms with Crippen molar-refractivity contribution in [1.29, 1.82) is 0 Å². The smallest absolute Gasteiger partial charge is 0.254 e. The molecule has 3 rings (SSSR count). The molecule has 0 radical (unpaired) electrons. The number of nitrogens with one attached hydrogen (secondary N) is 1. The van der Waals surface area contributed by atoms with Crippen molar-refractivity contribution in [2.75, 3.05) is 0 Å². The van der Waals surface area contributed by atoms with Crippen LogP contribution in [0.3, 0.4) is 0 Å². The normalized spacial score (nSPS) is 10.4. The highest BCUT2D eigenvalue weighted by Gasteiger charge is 2.13. The van der Waals surface area contributed by atoms with Crippen molar-refractivity contribution in [3.63, 3.8) is 0 Å². The molecule has 0 atom stereocenters. The van der Waals surface area contributed by atoms with Crippen LogP contribution in [0.2, 0.25) is 0 Å². The van der Waals surface area contributed by atoms with Crippen LogP contribution in [0.5, 0.6) is 0 Å². The van der Waals surface area contributed by atoms with Crippen LogP contribution in [-0.2, 0) is 6.54 Å². The van der Waals surface area contributed by atoms with Gasteiger partial charge in [0.05, 0.1) is 5.56 Å². The summed E-state index contributed by atoms with van der Waals surface area (Å²) in [5.41, 5.74) is 1.36. The van der Waals surface area contributed by atoms with Crippen molar-refractivity contribution in [2.24, 2.45) is 0 Å². The molecule has 0 aliphatic carbocycles. The lowest BCUT2D eigenvalue weighted by Gasteiger charge is -2.09. The fraction of sp³-hybridized carbons (Fsp3) is 0.0526. The third kappa shape index (κ3) is 4.20. The van der Waals surface area contributed by atoms with Gasteiger partial charge in [-0.2, -0.15) is 0 Å². The summed E-state index contributed by atoms with van der Waals surface area (Å²) in [6, 6.07) is 19.3. The SMILES string of the molecule is O=C(NCc1ccc(F)cc1)c1cccnc1Sc1ccccc1. The van der Waals surface area contributed by atoms with E-state index in [4.69, 9.17) is 0 Å². The molecule has 1 N–H and O–H groups in total. The Kier molecular flexibility index (Phi) is 5.23. The van der Waals surface area contributed by atoms with Gasteiger partial charge in [-0.15, -0.1) is 0 Å². The second-order valence-electron chi connectivity index (χ2n) is 5.08. The molecule has 0 saturated heterocycles. The van der Waals surface area contributed by atoms with Crippen LogP contribution in [0.25, 0.3) is 0 Å². The van der Waals surface area contributed by atoms with Crippen molar-refractivity contribution < 1.29 is 9.18 Å². The second-order valence-corrected chi connectivity index (χ2v) is 6.14. The van der Waals surface area contributed by atoms with Crippen LogP contribution in [0, 0.1) is 5.82 Å². The summed E-state index contributed by atoms with van der Waals surface area (Å²) < 4.78 is 12.9. The number of benzene rings is 2. The number of aromatic nitrogens is 1. The lowest BCUT2D eigenvalue weighted by atomic mass is 10.2.